The molecule has 10 heteroatoms. The van der Waals surface area contributed by atoms with Crippen molar-refractivity contribution in [3.8, 4) is 0 Å². The molecule has 1 atom stereocenters. The highest BCUT2D eigenvalue weighted by atomic mass is 32.2. The van der Waals surface area contributed by atoms with E-state index in [1.54, 1.807) is 0 Å². The SMILES string of the molecule is C[C@@H](OC(=O)C1=COCCO1)C(=O)Nc1ccc(S(N)(=O)=O)cc1. The van der Waals surface area contributed by atoms with Crippen LogP contribution in [-0.2, 0) is 33.8 Å². The Morgan fingerprint density at radius 1 is 1.25 bits per heavy atom. The fraction of sp³-hybridized carbons (Fsp3) is 0.286. The van der Waals surface area contributed by atoms with E-state index in [4.69, 9.17) is 19.3 Å². The Morgan fingerprint density at radius 3 is 2.46 bits per heavy atom. The Labute approximate surface area is 138 Å². The van der Waals surface area contributed by atoms with Crippen LogP contribution in [0, 0.1) is 0 Å². The number of sulfonamides is 1. The van der Waals surface area contributed by atoms with Gasteiger partial charge in [0, 0.05) is 5.69 Å². The van der Waals surface area contributed by atoms with E-state index in [1.165, 1.54) is 31.2 Å². The van der Waals surface area contributed by atoms with Gasteiger partial charge in [0.15, 0.2) is 6.10 Å². The van der Waals surface area contributed by atoms with Gasteiger partial charge in [0.25, 0.3) is 5.91 Å². The maximum absolute atomic E-state index is 12.0. The molecule has 0 spiro atoms. The Hall–Kier alpha value is -2.59. The van der Waals surface area contributed by atoms with Gasteiger partial charge in [0.1, 0.15) is 19.5 Å². The van der Waals surface area contributed by atoms with Gasteiger partial charge in [0.05, 0.1) is 4.90 Å². The molecule has 0 saturated carbocycles. The van der Waals surface area contributed by atoms with Gasteiger partial charge in [-0.3, -0.25) is 4.79 Å². The first-order chi connectivity index (χ1) is 11.3. The number of amides is 1. The number of esters is 1. The van der Waals surface area contributed by atoms with Crippen LogP contribution in [0.3, 0.4) is 0 Å². The summed E-state index contributed by atoms with van der Waals surface area (Å²) in [6, 6.07) is 5.24. The minimum atomic E-state index is -3.81. The zero-order valence-electron chi connectivity index (χ0n) is 12.7. The van der Waals surface area contributed by atoms with E-state index in [1.807, 2.05) is 0 Å². The summed E-state index contributed by atoms with van der Waals surface area (Å²) in [5.74, 6) is -1.52. The number of benzene rings is 1. The second kappa shape index (κ2) is 7.32. The minimum Gasteiger partial charge on any atom is -0.493 e. The molecular formula is C14H16N2O7S. The molecular weight excluding hydrogens is 340 g/mol. The number of primary sulfonamides is 1. The van der Waals surface area contributed by atoms with E-state index >= 15 is 0 Å². The molecule has 0 aliphatic carbocycles. The zero-order valence-corrected chi connectivity index (χ0v) is 13.5. The molecule has 0 fully saturated rings. The lowest BCUT2D eigenvalue weighted by atomic mass is 10.3. The summed E-state index contributed by atoms with van der Waals surface area (Å²) >= 11 is 0. The predicted molar refractivity (Wildman–Crippen MR) is 82.0 cm³/mol. The van der Waals surface area contributed by atoms with E-state index in [0.717, 1.165) is 6.26 Å². The molecule has 9 nitrogen and oxygen atoms in total. The number of anilines is 1. The van der Waals surface area contributed by atoms with Gasteiger partial charge < -0.3 is 19.5 Å². The van der Waals surface area contributed by atoms with Crippen molar-refractivity contribution in [2.75, 3.05) is 18.5 Å². The van der Waals surface area contributed by atoms with Crippen LogP contribution in [0.15, 0.2) is 41.2 Å². The summed E-state index contributed by atoms with van der Waals surface area (Å²) in [7, 11) is -3.81. The predicted octanol–water partition coefficient (Wildman–Crippen LogP) is 0.0924. The van der Waals surface area contributed by atoms with E-state index in [0.29, 0.717) is 12.3 Å². The van der Waals surface area contributed by atoms with Gasteiger partial charge in [-0.05, 0) is 31.2 Å². The fourth-order valence-corrected chi connectivity index (χ4v) is 2.23. The van der Waals surface area contributed by atoms with E-state index in [9.17, 15) is 18.0 Å². The van der Waals surface area contributed by atoms with Crippen LogP contribution < -0.4 is 10.5 Å². The number of ether oxygens (including phenoxy) is 3. The standard InChI is InChI=1S/C14H16N2O7S/c1-9(23-14(18)12-8-21-6-7-22-12)13(17)16-10-2-4-11(5-3-10)24(15,19)20/h2-5,8-9H,6-7H2,1H3,(H,16,17)(H2,15,19,20)/t9-/m1/s1. The normalized spacial score (nSPS) is 15.3. The molecule has 24 heavy (non-hydrogen) atoms. The Kier molecular flexibility index (Phi) is 5.42. The molecule has 0 radical (unpaired) electrons. The number of carbonyl (C=O) groups excluding carboxylic acids is 2. The molecule has 2 rings (SSSR count). The van der Waals surface area contributed by atoms with E-state index < -0.39 is 28.0 Å². The minimum absolute atomic E-state index is 0.0821. The van der Waals surface area contributed by atoms with Crippen LogP contribution in [0.4, 0.5) is 5.69 Å². The summed E-state index contributed by atoms with van der Waals surface area (Å²) in [6.45, 7) is 1.94. The molecule has 1 aliphatic heterocycles. The monoisotopic (exact) mass is 356 g/mol. The third kappa shape index (κ3) is 4.70. The number of carbonyl (C=O) groups is 2. The van der Waals surface area contributed by atoms with Crippen molar-refractivity contribution in [3.05, 3.63) is 36.3 Å². The van der Waals surface area contributed by atoms with Gasteiger partial charge in [-0.1, -0.05) is 0 Å². The first-order valence-corrected chi connectivity index (χ1v) is 8.41. The third-order valence-corrected chi connectivity index (χ3v) is 3.88. The highest BCUT2D eigenvalue weighted by Gasteiger charge is 2.23. The number of hydrogen-bond acceptors (Lipinski definition) is 7. The lowest BCUT2D eigenvalue weighted by molar-refractivity contribution is -0.153. The number of hydrogen-bond donors (Lipinski definition) is 2. The molecule has 0 unspecified atom stereocenters. The topological polar surface area (TPSA) is 134 Å². The van der Waals surface area contributed by atoms with Gasteiger partial charge in [-0.15, -0.1) is 0 Å². The quantitative estimate of drug-likeness (QED) is 0.714. The highest BCUT2D eigenvalue weighted by molar-refractivity contribution is 7.89. The van der Waals surface area contributed by atoms with Crippen molar-refractivity contribution < 1.29 is 32.2 Å². The van der Waals surface area contributed by atoms with Gasteiger partial charge in [-0.2, -0.15) is 0 Å². The summed E-state index contributed by atoms with van der Waals surface area (Å²) < 4.78 is 37.2. The van der Waals surface area contributed by atoms with E-state index in [2.05, 4.69) is 5.32 Å². The molecule has 3 N–H and O–H groups in total. The highest BCUT2D eigenvalue weighted by Crippen LogP contribution is 2.14. The zero-order chi connectivity index (χ0) is 17.7. The second-order valence-corrected chi connectivity index (χ2v) is 6.37. The van der Waals surface area contributed by atoms with E-state index in [-0.39, 0.29) is 17.3 Å². The second-order valence-electron chi connectivity index (χ2n) is 4.81. The van der Waals surface area contributed by atoms with Crippen LogP contribution in [0.5, 0.6) is 0 Å². The number of nitrogens with two attached hydrogens (primary N) is 1. The fourth-order valence-electron chi connectivity index (χ4n) is 1.72. The van der Waals surface area contributed by atoms with Crippen molar-refractivity contribution in [1.82, 2.24) is 0 Å². The van der Waals surface area contributed by atoms with Crippen LogP contribution in [0.25, 0.3) is 0 Å². The van der Waals surface area contributed by atoms with Crippen LogP contribution in [0.2, 0.25) is 0 Å². The van der Waals surface area contributed by atoms with Crippen LogP contribution in [-0.4, -0.2) is 39.6 Å². The molecule has 1 aromatic rings. The molecule has 1 heterocycles. The lowest BCUT2D eigenvalue weighted by Gasteiger charge is -2.17. The van der Waals surface area contributed by atoms with Crippen molar-refractivity contribution in [2.24, 2.45) is 5.14 Å². The third-order valence-electron chi connectivity index (χ3n) is 2.95. The molecule has 1 amide bonds. The lowest BCUT2D eigenvalue weighted by Crippen LogP contribution is -2.31. The Bertz CT molecular complexity index is 756. The molecule has 0 aromatic heterocycles. The average Bonchev–Trinajstić information content (AvgIpc) is 2.55. The summed E-state index contributed by atoms with van der Waals surface area (Å²) in [5, 5.41) is 7.47. The average molecular weight is 356 g/mol. The molecule has 1 aliphatic rings. The van der Waals surface area contributed by atoms with Gasteiger partial charge in [-0.25, -0.2) is 18.4 Å². The first kappa shape index (κ1) is 17.8. The van der Waals surface area contributed by atoms with Crippen molar-refractivity contribution in [1.29, 1.82) is 0 Å². The Balaban J connectivity index is 1.93. The molecule has 0 bridgehead atoms. The molecule has 1 aromatic carbocycles. The number of rotatable bonds is 5. The Morgan fingerprint density at radius 2 is 1.92 bits per heavy atom. The van der Waals surface area contributed by atoms with Crippen LogP contribution in [0.1, 0.15) is 6.92 Å². The van der Waals surface area contributed by atoms with Crippen molar-refractivity contribution in [2.45, 2.75) is 17.9 Å². The van der Waals surface area contributed by atoms with Crippen molar-refractivity contribution >= 4 is 27.6 Å². The smallest absolute Gasteiger partial charge is 0.377 e. The largest absolute Gasteiger partial charge is 0.493 e. The van der Waals surface area contributed by atoms with Crippen molar-refractivity contribution in [3.63, 3.8) is 0 Å². The van der Waals surface area contributed by atoms with Crippen LogP contribution >= 0.6 is 0 Å². The number of nitrogens with one attached hydrogen (secondary N) is 1. The summed E-state index contributed by atoms with van der Waals surface area (Å²) in [5.41, 5.74) is 0.326. The summed E-state index contributed by atoms with van der Waals surface area (Å²) in [6.07, 6.45) is 0.0319. The maximum Gasteiger partial charge on any atom is 0.377 e. The summed E-state index contributed by atoms with van der Waals surface area (Å²) in [4.78, 5) is 23.7. The molecule has 0 saturated heterocycles. The molecule has 130 valence electrons. The van der Waals surface area contributed by atoms with Gasteiger partial charge >= 0.3 is 5.97 Å². The van der Waals surface area contributed by atoms with Gasteiger partial charge in [0.2, 0.25) is 15.8 Å². The first-order valence-electron chi connectivity index (χ1n) is 6.86. The maximum atomic E-state index is 12.0.